The predicted molar refractivity (Wildman–Crippen MR) is 102 cm³/mol. The molecular weight excluding hydrogens is 334 g/mol. The molecule has 1 aromatic carbocycles. The number of thiazole rings is 1. The first-order valence-electron chi connectivity index (χ1n) is 9.09. The average Bonchev–Trinajstić information content (AvgIpc) is 3.03. The summed E-state index contributed by atoms with van der Waals surface area (Å²) in [5.41, 5.74) is 1.44. The Morgan fingerprint density at radius 1 is 1.28 bits per heavy atom. The lowest BCUT2D eigenvalue weighted by Gasteiger charge is -2.19. The second-order valence-corrected chi connectivity index (χ2v) is 7.84. The molecule has 2 aromatic rings. The van der Waals surface area contributed by atoms with Crippen molar-refractivity contribution in [2.75, 3.05) is 5.32 Å². The number of amides is 2. The Labute approximate surface area is 152 Å². The van der Waals surface area contributed by atoms with Gasteiger partial charge in [0.15, 0.2) is 5.13 Å². The van der Waals surface area contributed by atoms with Gasteiger partial charge < -0.3 is 10.6 Å². The summed E-state index contributed by atoms with van der Waals surface area (Å²) in [5, 5.41) is 6.54. The lowest BCUT2D eigenvalue weighted by atomic mass is 9.89. The molecule has 0 aliphatic heterocycles. The summed E-state index contributed by atoms with van der Waals surface area (Å²) in [6.07, 6.45) is 6.32. The summed E-state index contributed by atoms with van der Waals surface area (Å²) in [5.74, 6) is 0.114. The zero-order chi connectivity index (χ0) is 17.8. The molecule has 5 nitrogen and oxygen atoms in total. The Morgan fingerprint density at radius 2 is 2.04 bits per heavy atom. The van der Waals surface area contributed by atoms with Crippen LogP contribution in [0.2, 0.25) is 0 Å². The third-order valence-electron chi connectivity index (χ3n) is 4.85. The molecule has 1 unspecified atom stereocenters. The molecule has 0 spiro atoms. The van der Waals surface area contributed by atoms with E-state index in [1.807, 2.05) is 26.0 Å². The Balaban J connectivity index is 1.71. The van der Waals surface area contributed by atoms with Gasteiger partial charge in [0.1, 0.15) is 0 Å². The van der Waals surface area contributed by atoms with Crippen LogP contribution in [0.3, 0.4) is 0 Å². The van der Waals surface area contributed by atoms with Crippen LogP contribution in [0.1, 0.15) is 62.7 Å². The van der Waals surface area contributed by atoms with Crippen molar-refractivity contribution in [1.82, 2.24) is 10.3 Å². The lowest BCUT2D eigenvalue weighted by Crippen LogP contribution is -2.31. The maximum Gasteiger partial charge on any atom is 0.251 e. The van der Waals surface area contributed by atoms with E-state index in [-0.39, 0.29) is 23.8 Å². The van der Waals surface area contributed by atoms with E-state index < -0.39 is 0 Å². The fourth-order valence-corrected chi connectivity index (χ4v) is 4.01. The molecule has 0 saturated heterocycles. The van der Waals surface area contributed by atoms with Gasteiger partial charge >= 0.3 is 0 Å². The van der Waals surface area contributed by atoms with Crippen LogP contribution in [-0.2, 0) is 4.79 Å². The second-order valence-electron chi connectivity index (χ2n) is 6.81. The SMILES string of the molecule is CCC(C)NC(=O)c1ccc2nc(NC(=O)C3CCCCC3)sc2c1. The number of rotatable bonds is 5. The van der Waals surface area contributed by atoms with Crippen LogP contribution in [0.25, 0.3) is 10.2 Å². The van der Waals surface area contributed by atoms with Crippen molar-refractivity contribution >= 4 is 38.5 Å². The normalized spacial score (nSPS) is 16.6. The van der Waals surface area contributed by atoms with Gasteiger partial charge in [0.05, 0.1) is 10.2 Å². The minimum Gasteiger partial charge on any atom is -0.350 e. The highest BCUT2D eigenvalue weighted by Crippen LogP contribution is 2.29. The van der Waals surface area contributed by atoms with Gasteiger partial charge in [-0.05, 0) is 44.4 Å². The van der Waals surface area contributed by atoms with Crippen molar-refractivity contribution in [1.29, 1.82) is 0 Å². The average molecular weight is 359 g/mol. The summed E-state index contributed by atoms with van der Waals surface area (Å²) in [4.78, 5) is 29.1. The molecule has 1 aromatic heterocycles. The number of anilines is 1. The Morgan fingerprint density at radius 3 is 2.76 bits per heavy atom. The van der Waals surface area contributed by atoms with Crippen molar-refractivity contribution in [2.24, 2.45) is 5.92 Å². The van der Waals surface area contributed by atoms with Gasteiger partial charge in [-0.3, -0.25) is 9.59 Å². The van der Waals surface area contributed by atoms with Gasteiger partial charge in [0.2, 0.25) is 5.91 Å². The van der Waals surface area contributed by atoms with Crippen LogP contribution in [0, 0.1) is 5.92 Å². The quantitative estimate of drug-likeness (QED) is 0.834. The fourth-order valence-electron chi connectivity index (χ4n) is 3.10. The zero-order valence-corrected chi connectivity index (χ0v) is 15.6. The third-order valence-corrected chi connectivity index (χ3v) is 5.78. The van der Waals surface area contributed by atoms with E-state index in [0.29, 0.717) is 10.7 Å². The van der Waals surface area contributed by atoms with Gasteiger partial charge in [0, 0.05) is 17.5 Å². The number of hydrogen-bond donors (Lipinski definition) is 2. The first-order chi connectivity index (χ1) is 12.1. The highest BCUT2D eigenvalue weighted by atomic mass is 32.1. The maximum atomic E-state index is 12.4. The summed E-state index contributed by atoms with van der Waals surface area (Å²) in [7, 11) is 0. The Bertz CT molecular complexity index is 765. The maximum absolute atomic E-state index is 12.4. The molecule has 134 valence electrons. The van der Waals surface area contributed by atoms with Gasteiger partial charge in [0.25, 0.3) is 5.91 Å². The smallest absolute Gasteiger partial charge is 0.251 e. The molecule has 3 rings (SSSR count). The number of aromatic nitrogens is 1. The number of carbonyl (C=O) groups excluding carboxylic acids is 2. The summed E-state index contributed by atoms with van der Waals surface area (Å²) < 4.78 is 0.913. The van der Waals surface area contributed by atoms with Gasteiger partial charge in [-0.25, -0.2) is 4.98 Å². The van der Waals surface area contributed by atoms with E-state index in [2.05, 4.69) is 15.6 Å². The van der Waals surface area contributed by atoms with Crippen LogP contribution in [0.5, 0.6) is 0 Å². The van der Waals surface area contributed by atoms with E-state index >= 15 is 0 Å². The fraction of sp³-hybridized carbons (Fsp3) is 0.526. The van der Waals surface area contributed by atoms with E-state index in [0.717, 1.165) is 42.3 Å². The van der Waals surface area contributed by atoms with Crippen LogP contribution < -0.4 is 10.6 Å². The van der Waals surface area contributed by atoms with Crippen molar-refractivity contribution in [3.05, 3.63) is 23.8 Å². The van der Waals surface area contributed by atoms with E-state index in [9.17, 15) is 9.59 Å². The molecule has 2 N–H and O–H groups in total. The van der Waals surface area contributed by atoms with E-state index in [4.69, 9.17) is 0 Å². The van der Waals surface area contributed by atoms with Crippen LogP contribution in [0.15, 0.2) is 18.2 Å². The van der Waals surface area contributed by atoms with Gasteiger partial charge in [-0.1, -0.05) is 37.5 Å². The number of hydrogen-bond acceptors (Lipinski definition) is 4. The molecule has 0 bridgehead atoms. The minimum atomic E-state index is -0.0718. The second kappa shape index (κ2) is 7.95. The molecule has 6 heteroatoms. The molecule has 1 aliphatic carbocycles. The number of fused-ring (bicyclic) bond motifs is 1. The van der Waals surface area contributed by atoms with Crippen molar-refractivity contribution in [2.45, 2.75) is 58.4 Å². The standard InChI is InChI=1S/C19H25N3O2S/c1-3-12(2)20-18(24)14-9-10-15-16(11-14)25-19(21-15)22-17(23)13-7-5-4-6-8-13/h9-13H,3-8H2,1-2H3,(H,20,24)(H,21,22,23). The molecule has 1 saturated carbocycles. The molecule has 25 heavy (non-hydrogen) atoms. The van der Waals surface area contributed by atoms with Gasteiger partial charge in [-0.2, -0.15) is 0 Å². The van der Waals surface area contributed by atoms with Crippen LogP contribution in [-0.4, -0.2) is 22.8 Å². The first-order valence-corrected chi connectivity index (χ1v) is 9.90. The highest BCUT2D eigenvalue weighted by molar-refractivity contribution is 7.22. The number of benzene rings is 1. The van der Waals surface area contributed by atoms with Crippen molar-refractivity contribution < 1.29 is 9.59 Å². The molecule has 1 heterocycles. The topological polar surface area (TPSA) is 71.1 Å². The molecule has 0 radical (unpaired) electrons. The number of nitrogens with one attached hydrogen (secondary N) is 2. The predicted octanol–water partition coefficient (Wildman–Crippen LogP) is 4.34. The zero-order valence-electron chi connectivity index (χ0n) is 14.8. The Kier molecular flexibility index (Phi) is 5.68. The molecular formula is C19H25N3O2S. The highest BCUT2D eigenvalue weighted by Gasteiger charge is 2.22. The summed E-state index contributed by atoms with van der Waals surface area (Å²) in [6.45, 7) is 4.03. The largest absolute Gasteiger partial charge is 0.350 e. The molecule has 1 aliphatic rings. The van der Waals surface area contributed by atoms with Crippen molar-refractivity contribution in [3.63, 3.8) is 0 Å². The molecule has 2 amide bonds. The first kappa shape index (κ1) is 17.9. The monoisotopic (exact) mass is 359 g/mol. The van der Waals surface area contributed by atoms with Crippen LogP contribution in [0.4, 0.5) is 5.13 Å². The minimum absolute atomic E-state index is 0.0718. The molecule has 1 fully saturated rings. The third kappa shape index (κ3) is 4.37. The summed E-state index contributed by atoms with van der Waals surface area (Å²) >= 11 is 1.42. The Hall–Kier alpha value is -1.95. The van der Waals surface area contributed by atoms with Crippen molar-refractivity contribution in [3.8, 4) is 0 Å². The van der Waals surface area contributed by atoms with Crippen LogP contribution >= 0.6 is 11.3 Å². The van der Waals surface area contributed by atoms with Gasteiger partial charge in [-0.15, -0.1) is 0 Å². The summed E-state index contributed by atoms with van der Waals surface area (Å²) in [6, 6.07) is 5.62. The lowest BCUT2D eigenvalue weighted by molar-refractivity contribution is -0.120. The van der Waals surface area contributed by atoms with E-state index in [1.54, 1.807) is 6.07 Å². The van der Waals surface area contributed by atoms with E-state index in [1.165, 1.54) is 17.8 Å². The number of nitrogens with zero attached hydrogens (tertiary/aromatic N) is 1. The number of carbonyl (C=O) groups is 2. The molecule has 1 atom stereocenters.